The number of likely N-dealkylation sites (tertiary alicyclic amines) is 1. The SMILES string of the molecule is [C-]#[N+]CC=C1CN(C(C(=O)C2CC2)c2ccccc2F)CCC1SC(C)=O. The highest BCUT2D eigenvalue weighted by atomic mass is 32.2. The van der Waals surface area contributed by atoms with Gasteiger partial charge in [-0.05, 0) is 37.0 Å². The highest BCUT2D eigenvalue weighted by Crippen LogP contribution is 2.40. The Morgan fingerprint density at radius 2 is 2.11 bits per heavy atom. The van der Waals surface area contributed by atoms with E-state index >= 15 is 0 Å². The number of hydrogen-bond acceptors (Lipinski definition) is 4. The average molecular weight is 386 g/mol. The van der Waals surface area contributed by atoms with Crippen molar-refractivity contribution in [3.05, 3.63) is 58.7 Å². The van der Waals surface area contributed by atoms with Gasteiger partial charge in [-0.2, -0.15) is 0 Å². The van der Waals surface area contributed by atoms with Crippen LogP contribution in [0, 0.1) is 18.3 Å². The molecule has 2 atom stereocenters. The van der Waals surface area contributed by atoms with Crippen LogP contribution in [0.25, 0.3) is 4.85 Å². The molecule has 0 bridgehead atoms. The van der Waals surface area contributed by atoms with Gasteiger partial charge < -0.3 is 4.85 Å². The molecule has 2 fully saturated rings. The first-order valence-corrected chi connectivity index (χ1v) is 10.1. The van der Waals surface area contributed by atoms with Crippen LogP contribution in [-0.4, -0.2) is 40.7 Å². The smallest absolute Gasteiger partial charge is 0.233 e. The normalized spacial score (nSPS) is 23.0. The molecule has 3 rings (SSSR count). The van der Waals surface area contributed by atoms with Crippen LogP contribution in [-0.2, 0) is 9.59 Å². The fraction of sp³-hybridized carbons (Fsp3) is 0.476. The highest BCUT2D eigenvalue weighted by Gasteiger charge is 2.41. The van der Waals surface area contributed by atoms with Crippen LogP contribution in [0.5, 0.6) is 0 Å². The van der Waals surface area contributed by atoms with Gasteiger partial charge in [-0.25, -0.2) is 11.0 Å². The number of nitrogens with zero attached hydrogens (tertiary/aromatic N) is 2. The molecule has 1 aliphatic carbocycles. The van der Waals surface area contributed by atoms with E-state index in [2.05, 4.69) is 4.85 Å². The molecule has 27 heavy (non-hydrogen) atoms. The molecule has 0 N–H and O–H groups in total. The lowest BCUT2D eigenvalue weighted by molar-refractivity contribution is -0.126. The van der Waals surface area contributed by atoms with Crippen molar-refractivity contribution in [2.75, 3.05) is 19.6 Å². The molecule has 0 spiro atoms. The maximum Gasteiger partial charge on any atom is 0.233 e. The van der Waals surface area contributed by atoms with E-state index in [1.165, 1.54) is 17.8 Å². The number of Topliss-reactive ketones (excluding diaryl/α,β-unsaturated/α-hetero) is 1. The Labute approximate surface area is 163 Å². The fourth-order valence-corrected chi connectivity index (χ4v) is 4.56. The maximum absolute atomic E-state index is 14.5. The predicted molar refractivity (Wildman–Crippen MR) is 105 cm³/mol. The standard InChI is InChI=1S/C21H23FN2O2S/c1-14(25)27-19-10-12-24(13-16(19)9-11-23-2)20(21(26)15-7-8-15)17-5-3-4-6-18(17)22/h3-6,9,15,19-20H,7-8,10-13H2,1H3. The van der Waals surface area contributed by atoms with E-state index in [1.807, 2.05) is 11.0 Å². The molecule has 0 radical (unpaired) electrons. The summed E-state index contributed by atoms with van der Waals surface area (Å²) in [5, 5.41) is 0.0691. The third-order valence-corrected chi connectivity index (χ3v) is 6.20. The Morgan fingerprint density at radius 3 is 2.74 bits per heavy atom. The Kier molecular flexibility index (Phi) is 6.46. The van der Waals surface area contributed by atoms with Crippen LogP contribution in [0.15, 0.2) is 35.9 Å². The van der Waals surface area contributed by atoms with Crippen molar-refractivity contribution in [2.24, 2.45) is 5.92 Å². The van der Waals surface area contributed by atoms with Gasteiger partial charge in [-0.3, -0.25) is 14.5 Å². The van der Waals surface area contributed by atoms with Crippen molar-refractivity contribution in [1.29, 1.82) is 0 Å². The van der Waals surface area contributed by atoms with Crippen LogP contribution in [0.3, 0.4) is 0 Å². The molecular formula is C21H23FN2O2S. The van der Waals surface area contributed by atoms with Crippen molar-refractivity contribution < 1.29 is 14.0 Å². The van der Waals surface area contributed by atoms with Crippen molar-refractivity contribution >= 4 is 22.7 Å². The summed E-state index contributed by atoms with van der Waals surface area (Å²) in [6.45, 7) is 9.95. The number of ketones is 1. The molecule has 1 aliphatic heterocycles. The lowest BCUT2D eigenvalue weighted by Crippen LogP contribution is -2.43. The van der Waals surface area contributed by atoms with Gasteiger partial charge in [-0.15, -0.1) is 0 Å². The second-order valence-electron chi connectivity index (χ2n) is 7.08. The second kappa shape index (κ2) is 8.81. The lowest BCUT2D eigenvalue weighted by atomic mass is 9.93. The number of carbonyl (C=O) groups is 2. The highest BCUT2D eigenvalue weighted by molar-refractivity contribution is 8.14. The van der Waals surface area contributed by atoms with E-state index in [0.717, 1.165) is 18.4 Å². The van der Waals surface area contributed by atoms with Gasteiger partial charge in [0.25, 0.3) is 0 Å². The minimum atomic E-state index is -0.599. The molecule has 0 amide bonds. The van der Waals surface area contributed by atoms with E-state index < -0.39 is 6.04 Å². The maximum atomic E-state index is 14.5. The van der Waals surface area contributed by atoms with E-state index in [0.29, 0.717) is 25.1 Å². The van der Waals surface area contributed by atoms with Crippen LogP contribution in [0.2, 0.25) is 0 Å². The molecule has 142 valence electrons. The van der Waals surface area contributed by atoms with Crippen molar-refractivity contribution in [2.45, 2.75) is 37.5 Å². The first kappa shape index (κ1) is 19.8. The number of hydrogen-bond donors (Lipinski definition) is 0. The summed E-state index contributed by atoms with van der Waals surface area (Å²) in [4.78, 5) is 30.0. The number of carbonyl (C=O) groups excluding carboxylic acids is 2. The summed E-state index contributed by atoms with van der Waals surface area (Å²) in [7, 11) is 0. The van der Waals surface area contributed by atoms with Gasteiger partial charge >= 0.3 is 0 Å². The number of halogens is 1. The van der Waals surface area contributed by atoms with Crippen LogP contribution < -0.4 is 0 Å². The number of benzene rings is 1. The van der Waals surface area contributed by atoms with E-state index in [9.17, 15) is 14.0 Å². The first-order chi connectivity index (χ1) is 13.0. The van der Waals surface area contributed by atoms with Gasteiger partial charge in [0.2, 0.25) is 6.54 Å². The number of rotatable bonds is 6. The summed E-state index contributed by atoms with van der Waals surface area (Å²) in [6.07, 6.45) is 4.32. The van der Waals surface area contributed by atoms with Crippen molar-refractivity contribution in [3.8, 4) is 0 Å². The average Bonchev–Trinajstić information content (AvgIpc) is 3.48. The fourth-order valence-electron chi connectivity index (χ4n) is 3.62. The molecule has 4 nitrogen and oxygen atoms in total. The van der Waals surface area contributed by atoms with E-state index in [4.69, 9.17) is 6.57 Å². The van der Waals surface area contributed by atoms with Crippen LogP contribution >= 0.6 is 11.8 Å². The Morgan fingerprint density at radius 1 is 1.37 bits per heavy atom. The Bertz CT molecular complexity index is 798. The summed E-state index contributed by atoms with van der Waals surface area (Å²) in [6, 6.07) is 5.89. The van der Waals surface area contributed by atoms with Gasteiger partial charge in [0.1, 0.15) is 5.82 Å². The quantitative estimate of drug-likeness (QED) is 0.546. The summed E-state index contributed by atoms with van der Waals surface area (Å²) in [5.41, 5.74) is 1.42. The lowest BCUT2D eigenvalue weighted by Gasteiger charge is -2.38. The molecule has 1 heterocycles. The molecule has 1 saturated carbocycles. The second-order valence-corrected chi connectivity index (χ2v) is 8.46. The summed E-state index contributed by atoms with van der Waals surface area (Å²) >= 11 is 1.28. The Hall–Kier alpha value is -1.97. The molecular weight excluding hydrogens is 363 g/mol. The zero-order valence-corrected chi connectivity index (χ0v) is 16.2. The van der Waals surface area contributed by atoms with E-state index in [-0.39, 0.29) is 34.4 Å². The van der Waals surface area contributed by atoms with Gasteiger partial charge in [0, 0.05) is 36.7 Å². The molecule has 1 aromatic rings. The Balaban J connectivity index is 1.89. The molecule has 2 unspecified atom stereocenters. The van der Waals surface area contributed by atoms with E-state index in [1.54, 1.807) is 25.1 Å². The summed E-state index contributed by atoms with van der Waals surface area (Å²) < 4.78 is 14.5. The van der Waals surface area contributed by atoms with Gasteiger partial charge in [0.15, 0.2) is 10.9 Å². The molecule has 2 aliphatic rings. The van der Waals surface area contributed by atoms with Gasteiger partial charge in [-0.1, -0.05) is 30.0 Å². The minimum absolute atomic E-state index is 0.0228. The molecule has 1 aromatic carbocycles. The third kappa shape index (κ3) is 4.85. The predicted octanol–water partition coefficient (Wildman–Crippen LogP) is 4.05. The molecule has 6 heteroatoms. The first-order valence-electron chi connectivity index (χ1n) is 9.22. The zero-order valence-electron chi connectivity index (χ0n) is 15.4. The zero-order chi connectivity index (χ0) is 19.4. The van der Waals surface area contributed by atoms with Crippen molar-refractivity contribution in [3.63, 3.8) is 0 Å². The van der Waals surface area contributed by atoms with Crippen molar-refractivity contribution in [1.82, 2.24) is 4.90 Å². The molecule has 0 aromatic heterocycles. The largest absolute Gasteiger partial charge is 0.312 e. The monoisotopic (exact) mass is 386 g/mol. The topological polar surface area (TPSA) is 41.7 Å². The summed E-state index contributed by atoms with van der Waals surface area (Å²) in [5.74, 6) is -0.250. The van der Waals surface area contributed by atoms with Gasteiger partial charge in [0.05, 0.1) is 6.04 Å². The van der Waals surface area contributed by atoms with Crippen LogP contribution in [0.4, 0.5) is 4.39 Å². The number of thioether (sulfide) groups is 1. The third-order valence-electron chi connectivity index (χ3n) is 5.04. The molecule has 1 saturated heterocycles. The minimum Gasteiger partial charge on any atom is -0.312 e. The number of piperidine rings is 1. The van der Waals surface area contributed by atoms with Crippen LogP contribution in [0.1, 0.15) is 37.8 Å².